The van der Waals surface area contributed by atoms with Gasteiger partial charge in [-0.1, -0.05) is 32.9 Å². The van der Waals surface area contributed by atoms with E-state index in [9.17, 15) is 15.0 Å². The minimum atomic E-state index is -1.13. The van der Waals surface area contributed by atoms with Crippen LogP contribution in [0.5, 0.6) is 0 Å². The lowest BCUT2D eigenvalue weighted by Crippen LogP contribution is -2.44. The Labute approximate surface area is 241 Å². The van der Waals surface area contributed by atoms with Crippen LogP contribution < -0.4 is 16.4 Å². The van der Waals surface area contributed by atoms with Gasteiger partial charge in [0.15, 0.2) is 6.23 Å². The van der Waals surface area contributed by atoms with Crippen molar-refractivity contribution in [3.63, 3.8) is 0 Å². The standard InChI is InChI=1S/C28H41N7O4.ClH/c1-17(2)34(13-6-12-30-27(38)33-19-9-7-18(8-10-19)28(3,4)5)15-21-22(36)23(37)26(39-21)35-14-11-20-24(29)31-16-32-25(20)35;/h7-11,14,16-17,21-23,26,36-37H,6,12-13,15H2,1-5H3,(H2,29,31,32)(H2,30,33,38);1H/t21-,22-,23+,26-;/m1./s1. The van der Waals surface area contributed by atoms with Crippen LogP contribution in [-0.2, 0) is 10.2 Å². The van der Waals surface area contributed by atoms with Gasteiger partial charge in [0, 0.05) is 37.6 Å². The second-order valence-corrected chi connectivity index (χ2v) is 11.4. The Morgan fingerprint density at radius 3 is 2.50 bits per heavy atom. The van der Waals surface area contributed by atoms with E-state index < -0.39 is 24.5 Å². The molecule has 2 amide bonds. The van der Waals surface area contributed by atoms with E-state index in [0.717, 1.165) is 5.69 Å². The zero-order valence-corrected chi connectivity index (χ0v) is 24.6. The second-order valence-electron chi connectivity index (χ2n) is 11.4. The number of rotatable bonds is 9. The van der Waals surface area contributed by atoms with Crippen molar-refractivity contribution in [3.8, 4) is 0 Å². The van der Waals surface area contributed by atoms with Crippen LogP contribution in [0.25, 0.3) is 11.0 Å². The maximum atomic E-state index is 12.4. The number of nitrogens with one attached hydrogen (secondary N) is 2. The molecule has 1 aliphatic heterocycles. The number of nitrogens with zero attached hydrogens (tertiary/aromatic N) is 4. The summed E-state index contributed by atoms with van der Waals surface area (Å²) in [7, 11) is 0. The van der Waals surface area contributed by atoms with Crippen LogP contribution in [0.15, 0.2) is 42.9 Å². The number of carbonyl (C=O) groups is 1. The predicted molar refractivity (Wildman–Crippen MR) is 159 cm³/mol. The average Bonchev–Trinajstić information content (AvgIpc) is 3.42. The zero-order chi connectivity index (χ0) is 28.3. The fourth-order valence-electron chi connectivity index (χ4n) is 4.81. The van der Waals surface area contributed by atoms with Crippen LogP contribution in [0.2, 0.25) is 0 Å². The van der Waals surface area contributed by atoms with Crippen molar-refractivity contribution in [2.75, 3.05) is 30.7 Å². The predicted octanol–water partition coefficient (Wildman–Crippen LogP) is 3.27. The van der Waals surface area contributed by atoms with Gasteiger partial charge in [-0.2, -0.15) is 0 Å². The van der Waals surface area contributed by atoms with Crippen LogP contribution in [0.1, 0.15) is 52.8 Å². The molecule has 1 aliphatic rings. The number of nitrogens with two attached hydrogens (primary N) is 1. The summed E-state index contributed by atoms with van der Waals surface area (Å²) in [5, 5.41) is 28.0. The van der Waals surface area contributed by atoms with Crippen LogP contribution in [0.4, 0.5) is 16.3 Å². The van der Waals surface area contributed by atoms with Crippen LogP contribution in [0.3, 0.4) is 0 Å². The molecule has 12 heteroatoms. The van der Waals surface area contributed by atoms with Crippen molar-refractivity contribution in [3.05, 3.63) is 48.4 Å². The van der Waals surface area contributed by atoms with E-state index in [-0.39, 0.29) is 29.9 Å². The number of halogens is 1. The molecule has 1 saturated heterocycles. The molecule has 40 heavy (non-hydrogen) atoms. The third kappa shape index (κ3) is 7.21. The third-order valence-corrected chi connectivity index (χ3v) is 7.21. The maximum absolute atomic E-state index is 12.4. The first-order valence-corrected chi connectivity index (χ1v) is 13.4. The number of nitrogen functional groups attached to an aromatic ring is 1. The van der Waals surface area contributed by atoms with Crippen molar-refractivity contribution >= 4 is 41.0 Å². The molecular weight excluding hydrogens is 534 g/mol. The van der Waals surface area contributed by atoms with Gasteiger partial charge in [-0.25, -0.2) is 14.8 Å². The monoisotopic (exact) mass is 575 g/mol. The Kier molecular flexibility index (Phi) is 10.4. The number of hydrogen-bond acceptors (Lipinski definition) is 8. The fourth-order valence-corrected chi connectivity index (χ4v) is 4.81. The van der Waals surface area contributed by atoms with Gasteiger partial charge in [0.25, 0.3) is 0 Å². The number of urea groups is 1. The molecule has 3 heterocycles. The van der Waals surface area contributed by atoms with Gasteiger partial charge in [0.05, 0.1) is 5.39 Å². The number of hydrogen-bond donors (Lipinski definition) is 5. The molecule has 0 radical (unpaired) electrons. The summed E-state index contributed by atoms with van der Waals surface area (Å²) in [5.74, 6) is 0.343. The Morgan fingerprint density at radius 1 is 1.15 bits per heavy atom. The number of aliphatic hydroxyl groups is 2. The minimum absolute atomic E-state index is 0. The number of aliphatic hydroxyl groups excluding tert-OH is 2. The van der Waals surface area contributed by atoms with Gasteiger partial charge in [0.1, 0.15) is 36.1 Å². The Hall–Kier alpha value is -2.96. The third-order valence-electron chi connectivity index (χ3n) is 7.21. The van der Waals surface area contributed by atoms with Gasteiger partial charge >= 0.3 is 6.03 Å². The highest BCUT2D eigenvalue weighted by Crippen LogP contribution is 2.33. The van der Waals surface area contributed by atoms with Gasteiger partial charge in [-0.05, 0) is 49.4 Å². The van der Waals surface area contributed by atoms with Crippen molar-refractivity contribution in [2.45, 2.75) is 77.0 Å². The molecule has 0 spiro atoms. The number of carbonyl (C=O) groups excluding carboxylic acids is 1. The minimum Gasteiger partial charge on any atom is -0.387 e. The number of anilines is 2. The van der Waals surface area contributed by atoms with E-state index in [1.807, 2.05) is 24.3 Å². The molecule has 3 aromatic rings. The van der Waals surface area contributed by atoms with Crippen molar-refractivity contribution in [1.29, 1.82) is 0 Å². The summed E-state index contributed by atoms with van der Waals surface area (Å²) in [6, 6.07) is 9.57. The summed E-state index contributed by atoms with van der Waals surface area (Å²) in [4.78, 5) is 22.8. The SMILES string of the molecule is CC(C)N(CCCNC(=O)Nc1ccc(C(C)(C)C)cc1)C[C@H]1O[C@@H](n2ccc3c(N)ncnc32)[C@@H](O)[C@@H]1O.Cl. The van der Waals surface area contributed by atoms with Gasteiger partial charge in [-0.3, -0.25) is 4.90 Å². The number of benzene rings is 1. The first-order valence-electron chi connectivity index (χ1n) is 13.4. The van der Waals surface area contributed by atoms with E-state index in [4.69, 9.17) is 10.5 Å². The van der Waals surface area contributed by atoms with E-state index >= 15 is 0 Å². The number of fused-ring (bicyclic) bond motifs is 1. The summed E-state index contributed by atoms with van der Waals surface area (Å²) in [5.41, 5.74) is 8.48. The largest absolute Gasteiger partial charge is 0.387 e. The van der Waals surface area contributed by atoms with E-state index in [1.165, 1.54) is 11.9 Å². The molecule has 11 nitrogen and oxygen atoms in total. The first-order chi connectivity index (χ1) is 18.5. The maximum Gasteiger partial charge on any atom is 0.319 e. The molecule has 0 bridgehead atoms. The van der Waals surface area contributed by atoms with Crippen LogP contribution >= 0.6 is 12.4 Å². The molecule has 220 valence electrons. The molecule has 4 atom stereocenters. The summed E-state index contributed by atoms with van der Waals surface area (Å²) in [6.07, 6.45) is 0.210. The molecule has 0 saturated carbocycles. The normalized spacial score (nSPS) is 21.1. The molecule has 0 unspecified atom stereocenters. The molecular formula is C28H42ClN7O4. The highest BCUT2D eigenvalue weighted by molar-refractivity contribution is 5.89. The topological polar surface area (TPSA) is 151 Å². The summed E-state index contributed by atoms with van der Waals surface area (Å²) < 4.78 is 7.82. The van der Waals surface area contributed by atoms with Crippen LogP contribution in [0, 0.1) is 0 Å². The smallest absolute Gasteiger partial charge is 0.319 e. The average molecular weight is 576 g/mol. The molecule has 4 rings (SSSR count). The Balaban J connectivity index is 0.00000441. The number of amides is 2. The first kappa shape index (κ1) is 31.6. The molecule has 6 N–H and O–H groups in total. The lowest BCUT2D eigenvalue weighted by molar-refractivity contribution is -0.0465. The highest BCUT2D eigenvalue weighted by atomic mass is 35.5. The summed E-state index contributed by atoms with van der Waals surface area (Å²) >= 11 is 0. The lowest BCUT2D eigenvalue weighted by atomic mass is 9.87. The molecule has 1 aromatic carbocycles. The van der Waals surface area contributed by atoms with E-state index in [0.29, 0.717) is 42.9 Å². The van der Waals surface area contributed by atoms with Crippen LogP contribution in [-0.4, -0.2) is 79.7 Å². The lowest BCUT2D eigenvalue weighted by Gasteiger charge is -2.30. The second kappa shape index (κ2) is 13.1. The van der Waals surface area contributed by atoms with Crippen molar-refractivity contribution in [2.24, 2.45) is 0 Å². The number of ether oxygens (including phenoxy) is 1. The molecule has 0 aliphatic carbocycles. The number of aromatic nitrogens is 3. The quantitative estimate of drug-likeness (QED) is 0.244. The van der Waals surface area contributed by atoms with Crippen molar-refractivity contribution < 1.29 is 19.7 Å². The van der Waals surface area contributed by atoms with Crippen molar-refractivity contribution in [1.82, 2.24) is 24.8 Å². The summed E-state index contributed by atoms with van der Waals surface area (Å²) in [6.45, 7) is 12.2. The Morgan fingerprint density at radius 2 is 1.85 bits per heavy atom. The van der Waals surface area contributed by atoms with Gasteiger partial charge in [-0.15, -0.1) is 12.4 Å². The van der Waals surface area contributed by atoms with Gasteiger partial charge < -0.3 is 35.9 Å². The van der Waals surface area contributed by atoms with E-state index in [2.05, 4.69) is 60.1 Å². The zero-order valence-electron chi connectivity index (χ0n) is 23.7. The Bertz CT molecular complexity index is 1260. The highest BCUT2D eigenvalue weighted by Gasteiger charge is 2.44. The molecule has 1 fully saturated rings. The fraction of sp³-hybridized carbons (Fsp3) is 0.536. The van der Waals surface area contributed by atoms with Gasteiger partial charge in [0.2, 0.25) is 0 Å². The van der Waals surface area contributed by atoms with E-state index in [1.54, 1.807) is 16.8 Å². The molecule has 2 aromatic heterocycles.